The minimum Gasteiger partial charge on any atom is -0.394 e. The van der Waals surface area contributed by atoms with Gasteiger partial charge in [-0.2, -0.15) is 5.10 Å². The first kappa shape index (κ1) is 15.1. The maximum atomic E-state index is 9.28. The molecule has 1 saturated heterocycles. The molecule has 1 aromatic rings. The Morgan fingerprint density at radius 3 is 2.80 bits per heavy atom. The number of hydrogen-bond donors (Lipinski definition) is 2. The van der Waals surface area contributed by atoms with Crippen LogP contribution in [0.15, 0.2) is 0 Å². The fourth-order valence-electron chi connectivity index (χ4n) is 2.32. The van der Waals surface area contributed by atoms with Crippen molar-refractivity contribution in [3.8, 4) is 0 Å². The third-order valence-corrected chi connectivity index (χ3v) is 3.87. The average molecular weight is 296 g/mol. The van der Waals surface area contributed by atoms with Gasteiger partial charge in [-0.25, -0.2) is 0 Å². The zero-order valence-electron chi connectivity index (χ0n) is 12.0. The minimum absolute atomic E-state index is 0.0239. The summed E-state index contributed by atoms with van der Waals surface area (Å²) in [4.78, 5) is 2.37. The summed E-state index contributed by atoms with van der Waals surface area (Å²) in [5, 5.41) is 17.7. The number of aryl methyl sites for hydroxylation is 1. The number of aromatic nitrogens is 2. The van der Waals surface area contributed by atoms with Gasteiger partial charge in [0.15, 0.2) is 5.82 Å². The standard InChI is InChI=1S/C13H20N4O2S/c1-7-6-19-10(5-18)4-17(7)13-11(12(14)20)8(2)9(3)15-16-13/h7,10,18H,4-6H2,1-3H3,(H2,14,20). The van der Waals surface area contributed by atoms with Crippen LogP contribution in [-0.4, -0.2) is 52.2 Å². The molecule has 7 heteroatoms. The molecule has 0 aliphatic carbocycles. The molecule has 0 saturated carbocycles. The van der Waals surface area contributed by atoms with Crippen LogP contribution in [0.25, 0.3) is 0 Å². The summed E-state index contributed by atoms with van der Waals surface area (Å²) < 4.78 is 5.54. The molecule has 6 nitrogen and oxygen atoms in total. The van der Waals surface area contributed by atoms with E-state index in [2.05, 4.69) is 15.1 Å². The van der Waals surface area contributed by atoms with Gasteiger partial charge in [0.25, 0.3) is 0 Å². The van der Waals surface area contributed by atoms with Gasteiger partial charge in [-0.15, -0.1) is 5.10 Å². The third kappa shape index (κ3) is 2.74. The number of ether oxygens (including phenoxy) is 1. The van der Waals surface area contributed by atoms with Gasteiger partial charge in [-0.1, -0.05) is 12.2 Å². The van der Waals surface area contributed by atoms with Gasteiger partial charge in [0.2, 0.25) is 0 Å². The second-order valence-electron chi connectivity index (χ2n) is 5.11. The summed E-state index contributed by atoms with van der Waals surface area (Å²) in [5.41, 5.74) is 8.38. The molecule has 3 N–H and O–H groups in total. The van der Waals surface area contributed by atoms with Gasteiger partial charge < -0.3 is 20.5 Å². The molecule has 110 valence electrons. The maximum absolute atomic E-state index is 9.28. The predicted molar refractivity (Wildman–Crippen MR) is 81.0 cm³/mol. The summed E-state index contributed by atoms with van der Waals surface area (Å²) in [6, 6.07) is 0.127. The van der Waals surface area contributed by atoms with Crippen LogP contribution in [0.3, 0.4) is 0 Å². The topological polar surface area (TPSA) is 84.5 Å². The molecule has 0 spiro atoms. The molecule has 2 heterocycles. The number of aliphatic hydroxyl groups excluding tert-OH is 1. The molecule has 1 aromatic heterocycles. The van der Waals surface area contributed by atoms with E-state index in [0.29, 0.717) is 24.0 Å². The molecular weight excluding hydrogens is 276 g/mol. The quantitative estimate of drug-likeness (QED) is 0.777. The molecule has 0 amide bonds. The zero-order chi connectivity index (χ0) is 14.9. The van der Waals surface area contributed by atoms with Gasteiger partial charge in [0.1, 0.15) is 4.99 Å². The van der Waals surface area contributed by atoms with E-state index >= 15 is 0 Å². The van der Waals surface area contributed by atoms with Gasteiger partial charge in [0, 0.05) is 6.54 Å². The molecule has 1 aliphatic rings. The Balaban J connectivity index is 2.45. The number of hydrogen-bond acceptors (Lipinski definition) is 6. The predicted octanol–water partition coefficient (Wildman–Crippen LogP) is 0.314. The van der Waals surface area contributed by atoms with Crippen LogP contribution >= 0.6 is 12.2 Å². The number of aliphatic hydroxyl groups is 1. The lowest BCUT2D eigenvalue weighted by atomic mass is 10.1. The van der Waals surface area contributed by atoms with E-state index < -0.39 is 0 Å². The van der Waals surface area contributed by atoms with Crippen molar-refractivity contribution in [2.24, 2.45) is 5.73 Å². The highest BCUT2D eigenvalue weighted by atomic mass is 32.1. The summed E-state index contributed by atoms with van der Waals surface area (Å²) in [7, 11) is 0. The van der Waals surface area contributed by atoms with E-state index in [0.717, 1.165) is 16.8 Å². The van der Waals surface area contributed by atoms with Crippen molar-refractivity contribution in [3.63, 3.8) is 0 Å². The van der Waals surface area contributed by atoms with Gasteiger partial charge in [0.05, 0.1) is 36.6 Å². The molecule has 0 aromatic carbocycles. The van der Waals surface area contributed by atoms with Crippen molar-refractivity contribution >= 4 is 23.0 Å². The normalized spacial score (nSPS) is 22.9. The lowest BCUT2D eigenvalue weighted by molar-refractivity contribution is -0.0106. The van der Waals surface area contributed by atoms with E-state index in [1.165, 1.54) is 0 Å². The first-order valence-electron chi connectivity index (χ1n) is 6.58. The van der Waals surface area contributed by atoms with E-state index in [9.17, 15) is 5.11 Å². The first-order valence-corrected chi connectivity index (χ1v) is 6.99. The number of rotatable bonds is 3. The molecule has 1 fully saturated rings. The van der Waals surface area contributed by atoms with E-state index in [4.69, 9.17) is 22.7 Å². The Morgan fingerprint density at radius 1 is 1.50 bits per heavy atom. The van der Waals surface area contributed by atoms with Crippen molar-refractivity contribution < 1.29 is 9.84 Å². The Kier molecular flexibility index (Phi) is 4.52. The molecule has 0 bridgehead atoms. The summed E-state index contributed by atoms with van der Waals surface area (Å²) in [6.45, 7) is 6.91. The van der Waals surface area contributed by atoms with Crippen LogP contribution in [0.5, 0.6) is 0 Å². The largest absolute Gasteiger partial charge is 0.394 e. The second kappa shape index (κ2) is 5.99. The second-order valence-corrected chi connectivity index (χ2v) is 5.55. The SMILES string of the molecule is Cc1nnc(N2CC(CO)OCC2C)c(C(N)=S)c1C. The lowest BCUT2D eigenvalue weighted by Gasteiger charge is -2.39. The van der Waals surface area contributed by atoms with Gasteiger partial charge in [-0.05, 0) is 26.3 Å². The number of nitrogens with two attached hydrogens (primary N) is 1. The van der Waals surface area contributed by atoms with Crippen LogP contribution in [0.1, 0.15) is 23.7 Å². The monoisotopic (exact) mass is 296 g/mol. The highest BCUT2D eigenvalue weighted by Crippen LogP contribution is 2.26. The lowest BCUT2D eigenvalue weighted by Crippen LogP contribution is -2.50. The molecule has 2 unspecified atom stereocenters. The highest BCUT2D eigenvalue weighted by molar-refractivity contribution is 7.80. The van der Waals surface area contributed by atoms with Crippen molar-refractivity contribution in [2.75, 3.05) is 24.7 Å². The fraction of sp³-hybridized carbons (Fsp3) is 0.615. The smallest absolute Gasteiger partial charge is 0.162 e. The highest BCUT2D eigenvalue weighted by Gasteiger charge is 2.30. The minimum atomic E-state index is -0.228. The Bertz CT molecular complexity index is 523. The van der Waals surface area contributed by atoms with E-state index in [-0.39, 0.29) is 18.8 Å². The molecule has 20 heavy (non-hydrogen) atoms. The van der Waals surface area contributed by atoms with Crippen molar-refractivity contribution in [1.29, 1.82) is 0 Å². The Morgan fingerprint density at radius 2 is 2.20 bits per heavy atom. The van der Waals surface area contributed by atoms with E-state index in [1.54, 1.807) is 0 Å². The fourth-order valence-corrected chi connectivity index (χ4v) is 2.56. The van der Waals surface area contributed by atoms with Crippen molar-refractivity contribution in [2.45, 2.75) is 32.9 Å². The van der Waals surface area contributed by atoms with Crippen LogP contribution in [0.4, 0.5) is 5.82 Å². The summed E-state index contributed by atoms with van der Waals surface area (Å²) in [5.74, 6) is 0.676. The Labute approximate surface area is 123 Å². The van der Waals surface area contributed by atoms with Crippen LogP contribution in [-0.2, 0) is 4.74 Å². The van der Waals surface area contributed by atoms with Crippen molar-refractivity contribution in [1.82, 2.24) is 10.2 Å². The Hall–Kier alpha value is -1.31. The van der Waals surface area contributed by atoms with Gasteiger partial charge in [-0.3, -0.25) is 0 Å². The van der Waals surface area contributed by atoms with Crippen LogP contribution in [0.2, 0.25) is 0 Å². The average Bonchev–Trinajstić information content (AvgIpc) is 2.42. The van der Waals surface area contributed by atoms with Gasteiger partial charge >= 0.3 is 0 Å². The molecule has 1 aliphatic heterocycles. The zero-order valence-corrected chi connectivity index (χ0v) is 12.8. The number of nitrogens with zero attached hydrogens (tertiary/aromatic N) is 3. The molecular formula is C13H20N4O2S. The number of anilines is 1. The molecule has 2 rings (SSSR count). The van der Waals surface area contributed by atoms with Crippen molar-refractivity contribution in [3.05, 3.63) is 16.8 Å². The molecule has 0 radical (unpaired) electrons. The van der Waals surface area contributed by atoms with E-state index in [1.807, 2.05) is 20.8 Å². The number of thiocarbonyl (C=S) groups is 1. The first-order chi connectivity index (χ1) is 9.45. The van der Waals surface area contributed by atoms with Crippen LogP contribution in [0, 0.1) is 13.8 Å². The summed E-state index contributed by atoms with van der Waals surface area (Å²) in [6.07, 6.45) is -0.228. The van der Waals surface area contributed by atoms with Crippen LogP contribution < -0.4 is 10.6 Å². The number of morpholine rings is 1. The molecule has 2 atom stereocenters. The summed E-state index contributed by atoms with van der Waals surface area (Å²) >= 11 is 5.17. The maximum Gasteiger partial charge on any atom is 0.162 e. The third-order valence-electron chi connectivity index (χ3n) is 3.66.